The molecule has 41 heavy (non-hydrogen) atoms. The second-order valence-corrected chi connectivity index (χ2v) is 11.2. The maximum absolute atomic E-state index is 15.4. The third kappa shape index (κ3) is 7.35. The second-order valence-electron chi connectivity index (χ2n) is 9.41. The maximum Gasteiger partial charge on any atom is 0.417 e. The minimum Gasteiger partial charge on any atom is -0.493 e. The van der Waals surface area contributed by atoms with Crippen molar-refractivity contribution in [3.8, 4) is 5.75 Å². The van der Waals surface area contributed by atoms with E-state index in [1.165, 1.54) is 0 Å². The highest BCUT2D eigenvalue weighted by molar-refractivity contribution is 7.89. The Morgan fingerprint density at radius 3 is 2.12 bits per heavy atom. The third-order valence-electron chi connectivity index (χ3n) is 6.38. The number of hydrogen-bond donors (Lipinski definition) is 0. The van der Waals surface area contributed by atoms with Crippen LogP contribution in [0.15, 0.2) is 48.5 Å². The van der Waals surface area contributed by atoms with Gasteiger partial charge in [0.05, 0.1) is 12.9 Å². The summed E-state index contributed by atoms with van der Waals surface area (Å²) in [5, 5.41) is 0. The van der Waals surface area contributed by atoms with Crippen LogP contribution in [0.1, 0.15) is 55.2 Å². The van der Waals surface area contributed by atoms with Gasteiger partial charge in [0.25, 0.3) is 12.3 Å². The van der Waals surface area contributed by atoms with Crippen LogP contribution in [0, 0.1) is 5.82 Å². The molecule has 0 spiro atoms. The van der Waals surface area contributed by atoms with Gasteiger partial charge in [0.2, 0.25) is 10.0 Å². The lowest BCUT2D eigenvalue weighted by molar-refractivity contribution is -0.222. The van der Waals surface area contributed by atoms with E-state index in [1.54, 1.807) is 0 Å². The van der Waals surface area contributed by atoms with Crippen molar-refractivity contribution in [1.82, 2.24) is 4.31 Å². The summed E-state index contributed by atoms with van der Waals surface area (Å²) < 4.78 is 153. The lowest BCUT2D eigenvalue weighted by Gasteiger charge is -2.46. The van der Waals surface area contributed by atoms with Gasteiger partial charge < -0.3 is 4.74 Å². The molecule has 3 rings (SSSR count). The zero-order chi connectivity index (χ0) is 30.8. The van der Waals surface area contributed by atoms with Crippen LogP contribution in [0.4, 0.5) is 39.5 Å². The largest absolute Gasteiger partial charge is 0.493 e. The second kappa shape index (κ2) is 11.9. The van der Waals surface area contributed by atoms with E-state index >= 15 is 4.39 Å². The average molecular weight is 618 g/mol. The number of unbranched alkanes of at least 4 members (excludes halogenated alkanes) is 2. The summed E-state index contributed by atoms with van der Waals surface area (Å²) in [4.78, 5) is 12.9. The summed E-state index contributed by atoms with van der Waals surface area (Å²) in [6, 6.07) is 6.04. The molecule has 1 unspecified atom stereocenters. The molecule has 2 aromatic carbocycles. The first-order valence-electron chi connectivity index (χ1n) is 12.1. The van der Waals surface area contributed by atoms with E-state index in [4.69, 9.17) is 4.74 Å². The van der Waals surface area contributed by atoms with Crippen molar-refractivity contribution in [2.45, 2.75) is 56.4 Å². The predicted octanol–water partition coefficient (Wildman–Crippen LogP) is 7.30. The van der Waals surface area contributed by atoms with Crippen LogP contribution < -0.4 is 4.74 Å². The number of amides is 1. The first-order valence-corrected chi connectivity index (χ1v) is 13.9. The average Bonchev–Trinajstić information content (AvgIpc) is 2.83. The summed E-state index contributed by atoms with van der Waals surface area (Å²) in [5.41, 5.74) is -5.86. The molecule has 0 aromatic heterocycles. The van der Waals surface area contributed by atoms with Crippen LogP contribution in [-0.4, -0.2) is 43.8 Å². The Balaban J connectivity index is 2.00. The van der Waals surface area contributed by atoms with Gasteiger partial charge in [0, 0.05) is 36.1 Å². The normalized spacial score (nSPS) is 18.6. The highest BCUT2D eigenvalue weighted by atomic mass is 32.2. The smallest absolute Gasteiger partial charge is 0.417 e. The van der Waals surface area contributed by atoms with Crippen molar-refractivity contribution >= 4 is 21.5 Å². The number of halogens is 9. The monoisotopic (exact) mass is 617 g/mol. The summed E-state index contributed by atoms with van der Waals surface area (Å²) in [6.45, 7) is -0.170. The van der Waals surface area contributed by atoms with E-state index < -0.39 is 74.3 Å². The van der Waals surface area contributed by atoms with E-state index in [9.17, 15) is 48.3 Å². The minimum absolute atomic E-state index is 0.0876. The van der Waals surface area contributed by atoms with Crippen molar-refractivity contribution in [2.75, 3.05) is 12.9 Å². The molecule has 1 amide bonds. The lowest BCUT2D eigenvalue weighted by Crippen LogP contribution is -2.61. The number of nitrogens with zero attached hydrogens (tertiary/aromatic N) is 1. The van der Waals surface area contributed by atoms with Gasteiger partial charge in [-0.3, -0.25) is 4.79 Å². The molecule has 15 heteroatoms. The van der Waals surface area contributed by atoms with Gasteiger partial charge in [-0.25, -0.2) is 25.9 Å². The Bertz CT molecular complexity index is 1390. The molecule has 0 radical (unpaired) electrons. The first kappa shape index (κ1) is 32.3. The van der Waals surface area contributed by atoms with Crippen LogP contribution in [0.5, 0.6) is 5.75 Å². The number of rotatable bonds is 10. The molecule has 0 fully saturated rings. The number of sulfonamides is 1. The van der Waals surface area contributed by atoms with Crippen LogP contribution >= 0.6 is 0 Å². The van der Waals surface area contributed by atoms with Crippen molar-refractivity contribution in [3.05, 3.63) is 71.0 Å². The molecule has 0 saturated heterocycles. The summed E-state index contributed by atoms with van der Waals surface area (Å²) >= 11 is 0. The molecular weight excluding hydrogens is 593 g/mol. The Kier molecular flexibility index (Phi) is 9.40. The molecule has 226 valence electrons. The number of hydrogen-bond acceptors (Lipinski definition) is 4. The quantitative estimate of drug-likeness (QED) is 0.208. The van der Waals surface area contributed by atoms with Gasteiger partial charge in [-0.05, 0) is 42.5 Å². The molecular formula is C26H24F9NO4S. The molecule has 1 heterocycles. The fourth-order valence-electron chi connectivity index (χ4n) is 4.56. The molecule has 0 aliphatic carbocycles. The summed E-state index contributed by atoms with van der Waals surface area (Å²) in [7, 11) is -4.96. The van der Waals surface area contributed by atoms with Gasteiger partial charge >= 0.3 is 12.4 Å². The van der Waals surface area contributed by atoms with Gasteiger partial charge in [-0.15, -0.1) is 0 Å². The zero-order valence-electron chi connectivity index (χ0n) is 21.3. The minimum atomic E-state index is -5.56. The van der Waals surface area contributed by atoms with E-state index in [2.05, 4.69) is 0 Å². The molecule has 1 atom stereocenters. The fraction of sp³-hybridized carbons (Fsp3) is 0.423. The highest BCUT2D eigenvalue weighted by Crippen LogP contribution is 2.53. The lowest BCUT2D eigenvalue weighted by atomic mass is 9.78. The number of carbonyl (C=O) groups is 1. The van der Waals surface area contributed by atoms with Crippen molar-refractivity contribution in [2.24, 2.45) is 0 Å². The fourth-order valence-corrected chi connectivity index (χ4v) is 5.77. The molecule has 0 N–H and O–H groups in total. The van der Waals surface area contributed by atoms with Gasteiger partial charge in [0.15, 0.2) is 5.54 Å². The highest BCUT2D eigenvalue weighted by Gasteiger charge is 2.66. The number of benzene rings is 2. The van der Waals surface area contributed by atoms with E-state index in [0.29, 0.717) is 24.5 Å². The Morgan fingerprint density at radius 1 is 0.976 bits per heavy atom. The standard InChI is InChI=1S/C26H24F9NO4S/c1-41(38,39)36-22(37)13-18(16-5-7-17(8-6-16)23(28)29)15-24(36,26(33,34)35)20-10-9-19(14-21(20)27)40-12-4-2-3-11-25(30,31)32/h5-10,13-14,23H,2-4,11-12,15H2,1H3. The van der Waals surface area contributed by atoms with E-state index in [-0.39, 0.29) is 42.8 Å². The van der Waals surface area contributed by atoms with Crippen LogP contribution in [0.25, 0.3) is 5.57 Å². The number of alkyl halides is 8. The van der Waals surface area contributed by atoms with E-state index in [1.807, 2.05) is 0 Å². The van der Waals surface area contributed by atoms with Crippen LogP contribution in [0.3, 0.4) is 0 Å². The molecule has 5 nitrogen and oxygen atoms in total. The Morgan fingerprint density at radius 2 is 1.61 bits per heavy atom. The van der Waals surface area contributed by atoms with Gasteiger partial charge in [-0.2, -0.15) is 26.3 Å². The molecule has 1 aliphatic rings. The third-order valence-corrected chi connectivity index (χ3v) is 7.54. The number of ether oxygens (including phenoxy) is 1. The van der Waals surface area contributed by atoms with Crippen molar-refractivity contribution in [3.63, 3.8) is 0 Å². The maximum atomic E-state index is 15.4. The molecule has 2 aromatic rings. The van der Waals surface area contributed by atoms with Gasteiger partial charge in [-0.1, -0.05) is 24.3 Å². The van der Waals surface area contributed by atoms with Crippen LogP contribution in [-0.2, 0) is 20.4 Å². The Hall–Kier alpha value is -3.23. The zero-order valence-corrected chi connectivity index (χ0v) is 22.1. The molecule has 0 bridgehead atoms. The first-order chi connectivity index (χ1) is 18.9. The SMILES string of the molecule is CS(=O)(=O)N1C(=O)C=C(c2ccc(C(F)F)cc2)CC1(c1ccc(OCCCCCC(F)(F)F)cc1F)C(F)(F)F. The topological polar surface area (TPSA) is 63.7 Å². The van der Waals surface area contributed by atoms with Crippen molar-refractivity contribution in [1.29, 1.82) is 0 Å². The van der Waals surface area contributed by atoms with Crippen molar-refractivity contribution < 1.29 is 57.5 Å². The Labute approximate surface area is 229 Å². The van der Waals surface area contributed by atoms with E-state index in [0.717, 1.165) is 30.3 Å². The molecule has 0 saturated carbocycles. The summed E-state index contributed by atoms with van der Waals surface area (Å²) in [6.07, 6.45) is -14.0. The molecule has 1 aliphatic heterocycles. The predicted molar refractivity (Wildman–Crippen MR) is 130 cm³/mol. The van der Waals surface area contributed by atoms with Crippen LogP contribution in [0.2, 0.25) is 0 Å². The van der Waals surface area contributed by atoms with Gasteiger partial charge in [0.1, 0.15) is 11.6 Å². The number of carbonyl (C=O) groups excluding carboxylic acids is 1. The summed E-state index contributed by atoms with van der Waals surface area (Å²) in [5.74, 6) is -3.46.